The Hall–Kier alpha value is -5.46. The van der Waals surface area contributed by atoms with Crippen LogP contribution in [0.1, 0.15) is 0 Å². The van der Waals surface area contributed by atoms with Crippen LogP contribution in [-0.2, 0) is 0 Å². The van der Waals surface area contributed by atoms with Crippen molar-refractivity contribution in [3.63, 3.8) is 0 Å². The molecule has 0 heterocycles. The van der Waals surface area contributed by atoms with Crippen LogP contribution in [0.4, 0.5) is 0 Å². The lowest BCUT2D eigenvalue weighted by atomic mass is 9.90. The highest BCUT2D eigenvalue weighted by molar-refractivity contribution is 6.48. The Kier molecular flexibility index (Phi) is 4.27. The molecule has 0 aliphatic heterocycles. The molecule has 0 fully saturated rings. The largest absolute Gasteiger partial charge is 0.0622 e. The van der Waals surface area contributed by atoms with Crippen LogP contribution in [0.5, 0.6) is 0 Å². The summed E-state index contributed by atoms with van der Waals surface area (Å²) >= 11 is 0. The highest BCUT2D eigenvalue weighted by atomic mass is 14.3. The maximum Gasteiger partial charge on any atom is -0.000696 e. The second-order valence-electron chi connectivity index (χ2n) is 11.6. The molecule has 0 aliphatic rings. The van der Waals surface area contributed by atoms with Crippen molar-refractivity contribution >= 4 is 75.4 Å². The van der Waals surface area contributed by atoms with Crippen molar-refractivity contribution in [3.8, 4) is 22.3 Å². The van der Waals surface area contributed by atoms with Crippen LogP contribution in [0.2, 0.25) is 0 Å². The molecule has 0 unspecified atom stereocenters. The zero-order valence-electron chi connectivity index (χ0n) is 22.9. The maximum atomic E-state index is 2.39. The van der Waals surface area contributed by atoms with Gasteiger partial charge in [-0.25, -0.2) is 0 Å². The molecule has 0 saturated carbocycles. The van der Waals surface area contributed by atoms with Gasteiger partial charge in [0.1, 0.15) is 0 Å². The summed E-state index contributed by atoms with van der Waals surface area (Å²) in [7, 11) is 0. The molecule has 0 radical (unpaired) electrons. The Morgan fingerprint density at radius 1 is 0.262 bits per heavy atom. The van der Waals surface area contributed by atoms with Crippen molar-refractivity contribution in [1.29, 1.82) is 0 Å². The SMILES string of the molecule is c1ccc(-c2c3cccc4c5ccccc5c(c34)c3c4ccc(-c5ccc6ccccc6c5)c5cccc(c23)c54)cc1. The van der Waals surface area contributed by atoms with Crippen molar-refractivity contribution in [2.45, 2.75) is 0 Å². The van der Waals surface area contributed by atoms with Gasteiger partial charge in [-0.05, 0) is 104 Å². The molecule has 0 aromatic heterocycles. The number of hydrogen-bond acceptors (Lipinski definition) is 0. The summed E-state index contributed by atoms with van der Waals surface area (Å²) in [6.07, 6.45) is 0. The molecular formula is C42H24. The summed E-state index contributed by atoms with van der Waals surface area (Å²) in [5.41, 5.74) is 5.17. The van der Waals surface area contributed by atoms with E-state index in [1.165, 1.54) is 97.7 Å². The summed E-state index contributed by atoms with van der Waals surface area (Å²) in [5.74, 6) is 0. The van der Waals surface area contributed by atoms with E-state index < -0.39 is 0 Å². The third-order valence-electron chi connectivity index (χ3n) is 9.52. The first-order chi connectivity index (χ1) is 20.9. The van der Waals surface area contributed by atoms with Crippen LogP contribution in [0, 0.1) is 0 Å². The first-order valence-electron chi connectivity index (χ1n) is 14.7. The van der Waals surface area contributed by atoms with E-state index >= 15 is 0 Å². The molecule has 0 bridgehead atoms. The van der Waals surface area contributed by atoms with Gasteiger partial charge in [0.05, 0.1) is 0 Å². The molecule has 0 aliphatic carbocycles. The second kappa shape index (κ2) is 8.06. The van der Waals surface area contributed by atoms with Gasteiger partial charge in [-0.1, -0.05) is 140 Å². The Labute approximate surface area is 242 Å². The van der Waals surface area contributed by atoms with Crippen molar-refractivity contribution in [3.05, 3.63) is 146 Å². The number of rotatable bonds is 2. The minimum absolute atomic E-state index is 1.26. The smallest absolute Gasteiger partial charge is 0.000696 e. The lowest BCUT2D eigenvalue weighted by molar-refractivity contribution is 1.69. The first-order valence-corrected chi connectivity index (χ1v) is 14.7. The Balaban J connectivity index is 1.46. The van der Waals surface area contributed by atoms with Crippen molar-refractivity contribution in [1.82, 2.24) is 0 Å². The lowest BCUT2D eigenvalue weighted by Crippen LogP contribution is -1.84. The summed E-state index contributed by atoms with van der Waals surface area (Å²) in [6.45, 7) is 0. The number of hydrogen-bond donors (Lipinski definition) is 0. The molecule has 0 heteroatoms. The summed E-state index contributed by atoms with van der Waals surface area (Å²) in [5, 5.41) is 18.8. The molecule has 0 amide bonds. The van der Waals surface area contributed by atoms with E-state index in [1.807, 2.05) is 0 Å². The molecular weight excluding hydrogens is 504 g/mol. The highest BCUT2D eigenvalue weighted by Gasteiger charge is 2.25. The molecule has 0 atom stereocenters. The molecule has 0 N–H and O–H groups in total. The fourth-order valence-corrected chi connectivity index (χ4v) is 7.84. The third-order valence-corrected chi connectivity index (χ3v) is 9.52. The van der Waals surface area contributed by atoms with E-state index in [1.54, 1.807) is 0 Å². The normalized spacial score (nSPS) is 12.3. The molecule has 10 rings (SSSR count). The van der Waals surface area contributed by atoms with E-state index in [2.05, 4.69) is 146 Å². The monoisotopic (exact) mass is 528 g/mol. The van der Waals surface area contributed by atoms with E-state index in [-0.39, 0.29) is 0 Å². The predicted octanol–water partition coefficient (Wildman–Crippen LogP) is 12.0. The van der Waals surface area contributed by atoms with Crippen LogP contribution in [-0.4, -0.2) is 0 Å². The topological polar surface area (TPSA) is 0 Å². The fraction of sp³-hybridized carbons (Fsp3) is 0. The zero-order valence-corrected chi connectivity index (χ0v) is 22.9. The van der Waals surface area contributed by atoms with Crippen LogP contribution < -0.4 is 0 Å². The molecule has 10 aromatic rings. The first kappa shape index (κ1) is 22.3. The highest BCUT2D eigenvalue weighted by Crippen LogP contribution is 2.53. The lowest BCUT2D eigenvalue weighted by Gasteiger charge is -2.12. The van der Waals surface area contributed by atoms with Gasteiger partial charge < -0.3 is 0 Å². The Morgan fingerprint density at radius 3 is 1.76 bits per heavy atom. The van der Waals surface area contributed by atoms with Gasteiger partial charge in [0.2, 0.25) is 0 Å². The van der Waals surface area contributed by atoms with Crippen LogP contribution in [0.15, 0.2) is 146 Å². The van der Waals surface area contributed by atoms with Gasteiger partial charge in [-0.2, -0.15) is 0 Å². The molecule has 0 saturated heterocycles. The minimum Gasteiger partial charge on any atom is -0.0622 e. The molecule has 192 valence electrons. The Morgan fingerprint density at radius 2 is 0.881 bits per heavy atom. The van der Waals surface area contributed by atoms with Crippen LogP contribution >= 0.6 is 0 Å². The van der Waals surface area contributed by atoms with Gasteiger partial charge >= 0.3 is 0 Å². The number of benzene rings is 8. The summed E-state index contributed by atoms with van der Waals surface area (Å²) in [4.78, 5) is 0. The maximum absolute atomic E-state index is 2.39. The second-order valence-corrected chi connectivity index (χ2v) is 11.6. The predicted molar refractivity (Wildman–Crippen MR) is 182 cm³/mol. The van der Waals surface area contributed by atoms with Crippen LogP contribution in [0.3, 0.4) is 0 Å². The van der Waals surface area contributed by atoms with E-state index in [0.717, 1.165) is 0 Å². The number of fused-ring (bicyclic) bond motifs is 8. The van der Waals surface area contributed by atoms with Gasteiger partial charge in [0.25, 0.3) is 0 Å². The standard InChI is InChI=1S/C42H24/c1-2-11-26(12-3-1)37-34-18-9-17-32-30-14-6-7-15-33(30)40(39(32)34)42-36-23-22-29(31-16-8-19-35(38(31)36)41(37)42)28-21-20-25-10-4-5-13-27(25)24-28/h1-24H. The molecule has 42 heavy (non-hydrogen) atoms. The van der Waals surface area contributed by atoms with Crippen LogP contribution in [0.25, 0.3) is 97.7 Å². The Bertz CT molecular complexity index is 2660. The summed E-state index contributed by atoms with van der Waals surface area (Å²) in [6, 6.07) is 54.0. The van der Waals surface area contributed by atoms with E-state index in [9.17, 15) is 0 Å². The van der Waals surface area contributed by atoms with E-state index in [4.69, 9.17) is 0 Å². The average Bonchev–Trinajstić information content (AvgIpc) is 3.57. The van der Waals surface area contributed by atoms with Crippen molar-refractivity contribution < 1.29 is 0 Å². The molecule has 0 nitrogen and oxygen atoms in total. The van der Waals surface area contributed by atoms with Gasteiger partial charge in [-0.15, -0.1) is 0 Å². The average molecular weight is 529 g/mol. The summed E-state index contributed by atoms with van der Waals surface area (Å²) < 4.78 is 0. The molecule has 0 spiro atoms. The quantitative estimate of drug-likeness (QED) is 0.209. The molecule has 10 aromatic carbocycles. The fourth-order valence-electron chi connectivity index (χ4n) is 7.84. The van der Waals surface area contributed by atoms with Gasteiger partial charge in [0, 0.05) is 0 Å². The van der Waals surface area contributed by atoms with E-state index in [0.29, 0.717) is 0 Å². The third kappa shape index (κ3) is 2.77. The van der Waals surface area contributed by atoms with Crippen molar-refractivity contribution in [2.24, 2.45) is 0 Å². The minimum atomic E-state index is 1.26. The van der Waals surface area contributed by atoms with Gasteiger partial charge in [0.15, 0.2) is 0 Å². The zero-order chi connectivity index (χ0) is 27.4. The van der Waals surface area contributed by atoms with Crippen molar-refractivity contribution in [2.75, 3.05) is 0 Å². The van der Waals surface area contributed by atoms with Gasteiger partial charge in [-0.3, -0.25) is 0 Å².